The average molecular weight is 156 g/mol. The molecule has 0 bridgehead atoms. The van der Waals surface area contributed by atoms with Crippen molar-refractivity contribution in [2.75, 3.05) is 6.61 Å². The minimum atomic E-state index is -0.331. The van der Waals surface area contributed by atoms with E-state index >= 15 is 0 Å². The third-order valence-electron chi connectivity index (χ3n) is 1.11. The van der Waals surface area contributed by atoms with Gasteiger partial charge in [-0.3, -0.25) is 9.59 Å². The van der Waals surface area contributed by atoms with Crippen LogP contribution in [0.15, 0.2) is 12.7 Å². The van der Waals surface area contributed by atoms with Crippen LogP contribution in [0.3, 0.4) is 0 Å². The van der Waals surface area contributed by atoms with Crippen molar-refractivity contribution in [1.82, 2.24) is 0 Å². The number of hydrogen-bond acceptors (Lipinski definition) is 3. The highest BCUT2D eigenvalue weighted by molar-refractivity contribution is 5.91. The zero-order valence-corrected chi connectivity index (χ0v) is 6.63. The van der Waals surface area contributed by atoms with Gasteiger partial charge in [0.2, 0.25) is 0 Å². The van der Waals surface area contributed by atoms with E-state index in [1.54, 1.807) is 6.92 Å². The summed E-state index contributed by atoms with van der Waals surface area (Å²) < 4.78 is 4.61. The molecule has 0 saturated carbocycles. The van der Waals surface area contributed by atoms with Gasteiger partial charge in [0.1, 0.15) is 0 Å². The molecule has 0 aliphatic heterocycles. The SMILES string of the molecule is C=CC(=O)CCC(=O)OCC. The normalized spacial score (nSPS) is 8.82. The summed E-state index contributed by atoms with van der Waals surface area (Å²) in [6.07, 6.45) is 1.56. The molecule has 3 nitrogen and oxygen atoms in total. The second-order valence-electron chi connectivity index (χ2n) is 1.98. The fourth-order valence-corrected chi connectivity index (χ4v) is 0.560. The van der Waals surface area contributed by atoms with Gasteiger partial charge in [0.15, 0.2) is 5.78 Å². The third kappa shape index (κ3) is 5.33. The van der Waals surface area contributed by atoms with Gasteiger partial charge < -0.3 is 4.74 Å². The monoisotopic (exact) mass is 156 g/mol. The Morgan fingerprint density at radius 1 is 1.45 bits per heavy atom. The quantitative estimate of drug-likeness (QED) is 0.442. The van der Waals surface area contributed by atoms with Crippen LogP contribution in [0.4, 0.5) is 0 Å². The van der Waals surface area contributed by atoms with Crippen LogP contribution < -0.4 is 0 Å². The number of ketones is 1. The Labute approximate surface area is 66.0 Å². The zero-order valence-electron chi connectivity index (χ0n) is 6.63. The fraction of sp³-hybridized carbons (Fsp3) is 0.500. The van der Waals surface area contributed by atoms with Gasteiger partial charge >= 0.3 is 5.97 Å². The van der Waals surface area contributed by atoms with Gasteiger partial charge in [-0.15, -0.1) is 0 Å². The summed E-state index contributed by atoms with van der Waals surface area (Å²) in [5.41, 5.74) is 0. The molecule has 0 atom stereocenters. The topological polar surface area (TPSA) is 43.4 Å². The van der Waals surface area contributed by atoms with Crippen molar-refractivity contribution in [2.24, 2.45) is 0 Å². The van der Waals surface area contributed by atoms with Crippen LogP contribution in [-0.4, -0.2) is 18.4 Å². The molecule has 0 heterocycles. The lowest BCUT2D eigenvalue weighted by Gasteiger charge is -1.98. The predicted molar refractivity (Wildman–Crippen MR) is 41.1 cm³/mol. The van der Waals surface area contributed by atoms with Crippen LogP contribution in [0.25, 0.3) is 0 Å². The molecule has 0 aliphatic rings. The van der Waals surface area contributed by atoms with Crippen molar-refractivity contribution < 1.29 is 14.3 Å². The first-order valence-electron chi connectivity index (χ1n) is 3.51. The molecule has 11 heavy (non-hydrogen) atoms. The third-order valence-corrected chi connectivity index (χ3v) is 1.11. The Kier molecular flexibility index (Phi) is 5.07. The van der Waals surface area contributed by atoms with Crippen LogP contribution in [0.1, 0.15) is 19.8 Å². The highest BCUT2D eigenvalue weighted by Gasteiger charge is 2.03. The first kappa shape index (κ1) is 9.88. The Bertz CT molecular complexity index is 161. The van der Waals surface area contributed by atoms with Gasteiger partial charge in [-0.05, 0) is 13.0 Å². The molecule has 0 unspecified atom stereocenters. The molecule has 0 amide bonds. The summed E-state index contributed by atoms with van der Waals surface area (Å²) in [5, 5.41) is 0. The molecule has 62 valence electrons. The highest BCUT2D eigenvalue weighted by Crippen LogP contribution is 1.94. The Morgan fingerprint density at radius 3 is 2.55 bits per heavy atom. The largest absolute Gasteiger partial charge is 0.466 e. The van der Waals surface area contributed by atoms with Crippen LogP contribution in [0.2, 0.25) is 0 Å². The molecular formula is C8H12O3. The minimum Gasteiger partial charge on any atom is -0.466 e. The van der Waals surface area contributed by atoms with Gasteiger partial charge in [-0.2, -0.15) is 0 Å². The second-order valence-corrected chi connectivity index (χ2v) is 1.98. The Balaban J connectivity index is 3.45. The summed E-state index contributed by atoms with van der Waals surface area (Å²) in [5.74, 6) is -0.458. The van der Waals surface area contributed by atoms with Gasteiger partial charge in [-0.1, -0.05) is 6.58 Å². The molecule has 0 aliphatic carbocycles. The smallest absolute Gasteiger partial charge is 0.306 e. The number of carbonyl (C=O) groups excluding carboxylic acids is 2. The van der Waals surface area contributed by atoms with Crippen molar-refractivity contribution in [3.8, 4) is 0 Å². The van der Waals surface area contributed by atoms with Crippen LogP contribution in [0, 0.1) is 0 Å². The van der Waals surface area contributed by atoms with Gasteiger partial charge in [0.25, 0.3) is 0 Å². The van der Waals surface area contributed by atoms with Crippen molar-refractivity contribution in [3.63, 3.8) is 0 Å². The molecule has 0 aromatic heterocycles. The Hall–Kier alpha value is -1.12. The predicted octanol–water partition coefficient (Wildman–Crippen LogP) is 1.08. The van der Waals surface area contributed by atoms with Crippen molar-refractivity contribution in [3.05, 3.63) is 12.7 Å². The molecule has 0 aromatic carbocycles. The van der Waals surface area contributed by atoms with Gasteiger partial charge in [0.05, 0.1) is 13.0 Å². The van der Waals surface area contributed by atoms with E-state index in [-0.39, 0.29) is 24.6 Å². The zero-order chi connectivity index (χ0) is 8.69. The maximum atomic E-state index is 10.7. The fourth-order valence-electron chi connectivity index (χ4n) is 0.560. The average Bonchev–Trinajstić information content (AvgIpc) is 2.01. The van der Waals surface area contributed by atoms with E-state index in [9.17, 15) is 9.59 Å². The molecule has 0 fully saturated rings. The lowest BCUT2D eigenvalue weighted by atomic mass is 10.2. The summed E-state index contributed by atoms with van der Waals surface area (Å²) in [6.45, 7) is 5.37. The molecule has 3 heteroatoms. The van der Waals surface area contributed by atoms with E-state index in [1.165, 1.54) is 6.08 Å². The molecule has 0 rings (SSSR count). The number of allylic oxidation sites excluding steroid dienone is 1. The van der Waals surface area contributed by atoms with Crippen LogP contribution >= 0.6 is 0 Å². The lowest BCUT2D eigenvalue weighted by molar-refractivity contribution is -0.144. The molecule has 0 radical (unpaired) electrons. The van der Waals surface area contributed by atoms with E-state index in [2.05, 4.69) is 11.3 Å². The van der Waals surface area contributed by atoms with Crippen molar-refractivity contribution in [2.45, 2.75) is 19.8 Å². The summed E-state index contributed by atoms with van der Waals surface area (Å²) in [7, 11) is 0. The number of hydrogen-bond donors (Lipinski definition) is 0. The summed E-state index contributed by atoms with van der Waals surface area (Å²) >= 11 is 0. The van der Waals surface area contributed by atoms with Gasteiger partial charge in [-0.25, -0.2) is 0 Å². The molecule has 0 saturated heterocycles. The first-order valence-corrected chi connectivity index (χ1v) is 3.51. The van der Waals surface area contributed by atoms with E-state index < -0.39 is 0 Å². The number of rotatable bonds is 5. The second kappa shape index (κ2) is 5.65. The van der Waals surface area contributed by atoms with E-state index in [4.69, 9.17) is 0 Å². The summed E-state index contributed by atoms with van der Waals surface area (Å²) in [4.78, 5) is 21.2. The maximum Gasteiger partial charge on any atom is 0.306 e. The number of esters is 1. The lowest BCUT2D eigenvalue weighted by Crippen LogP contribution is -2.05. The number of carbonyl (C=O) groups is 2. The van der Waals surface area contributed by atoms with Crippen molar-refractivity contribution in [1.29, 1.82) is 0 Å². The highest BCUT2D eigenvalue weighted by atomic mass is 16.5. The standard InChI is InChI=1S/C8H12O3/c1-3-7(9)5-6-8(10)11-4-2/h3H,1,4-6H2,2H3. The minimum absolute atomic E-state index is 0.127. The van der Waals surface area contributed by atoms with E-state index in [0.717, 1.165) is 0 Å². The van der Waals surface area contributed by atoms with Gasteiger partial charge in [0, 0.05) is 6.42 Å². The summed E-state index contributed by atoms with van der Waals surface area (Å²) in [6, 6.07) is 0. The van der Waals surface area contributed by atoms with Crippen LogP contribution in [-0.2, 0) is 14.3 Å². The molecule has 0 aromatic rings. The van der Waals surface area contributed by atoms with Crippen molar-refractivity contribution >= 4 is 11.8 Å². The maximum absolute atomic E-state index is 10.7. The molecular weight excluding hydrogens is 144 g/mol. The van der Waals surface area contributed by atoms with E-state index in [0.29, 0.717) is 6.61 Å². The molecule has 0 N–H and O–H groups in total. The van der Waals surface area contributed by atoms with E-state index in [1.807, 2.05) is 0 Å². The van der Waals surface area contributed by atoms with Crippen LogP contribution in [0.5, 0.6) is 0 Å². The first-order chi connectivity index (χ1) is 5.20. The number of ether oxygens (including phenoxy) is 1. The Morgan fingerprint density at radius 2 is 2.09 bits per heavy atom. The molecule has 0 spiro atoms.